The molecule has 0 bridgehead atoms. The summed E-state index contributed by atoms with van der Waals surface area (Å²) in [5.41, 5.74) is 0.0959. The lowest BCUT2D eigenvalue weighted by Gasteiger charge is -2.71. The quantitative estimate of drug-likeness (QED) is 0.0338. The maximum atomic E-state index is 15.1. The van der Waals surface area contributed by atoms with Crippen LogP contribution in [0.4, 0.5) is 0 Å². The third-order valence-electron chi connectivity index (χ3n) is 24.5. The Hall–Kier alpha value is -8.81. The molecule has 2 saturated heterocycles. The number of hydrogen-bond donors (Lipinski definition) is 0. The molecule has 18 nitrogen and oxygen atoms in total. The molecule has 5 aliphatic carbocycles. The Balaban J connectivity index is 0.899. The monoisotopic (exact) mass is 1390 g/mol. The molecular formula is C84H92O18. The average Bonchev–Trinajstić information content (AvgIpc) is 0.674. The maximum absolute atomic E-state index is 15.1. The van der Waals surface area contributed by atoms with Gasteiger partial charge in [0.25, 0.3) is 0 Å². The van der Waals surface area contributed by atoms with Crippen molar-refractivity contribution in [1.29, 1.82) is 0 Å². The van der Waals surface area contributed by atoms with Gasteiger partial charge in [-0.05, 0) is 183 Å². The molecular weight excluding hydrogens is 1300 g/mol. The van der Waals surface area contributed by atoms with Gasteiger partial charge in [-0.25, -0.2) is 28.8 Å². The van der Waals surface area contributed by atoms with Crippen LogP contribution >= 0.6 is 0 Å². The molecule has 0 spiro atoms. The van der Waals surface area contributed by atoms with Crippen LogP contribution in [0.3, 0.4) is 0 Å². The topological polar surface area (TPSA) is 221 Å². The van der Waals surface area contributed by atoms with Crippen molar-refractivity contribution in [3.05, 3.63) is 227 Å². The molecule has 0 unspecified atom stereocenters. The Morgan fingerprint density at radius 2 is 0.912 bits per heavy atom. The minimum absolute atomic E-state index is 0.0372. The molecule has 18 atom stereocenters. The number of allylic oxidation sites excluding steroid dienone is 2. The zero-order valence-electron chi connectivity index (χ0n) is 59.2. The number of rotatable bonds is 18. The SMILES string of the molecule is COC(=O)[C@]12CCC(C)(C)C[C@H]1C1=CC[C@@H]3[C@@]4(C)CC[C@H](O[C@@H]5OC[C@H](OC(=O)c6ccccc6)[C@H](O[C@@H]6O[C@@H](C)[C@H](OC(=O)c7ccccc7)[C@@H](OC(=O)c7ccccc7)[C@H]6OC(=O)c6ccccc6)[C@H]5OC(=O)c5ccccc5)[C@@](C)(COC(=O)c5ccccc5)[C@@H]4CC[C@@]3(C)[C@]1(C)CC2. The van der Waals surface area contributed by atoms with E-state index in [2.05, 4.69) is 47.6 Å². The molecule has 536 valence electrons. The van der Waals surface area contributed by atoms with Crippen LogP contribution in [0.1, 0.15) is 175 Å². The fourth-order valence-corrected chi connectivity index (χ4v) is 18.8. The molecule has 18 heteroatoms. The van der Waals surface area contributed by atoms with Crippen molar-refractivity contribution in [3.8, 4) is 0 Å². The smallest absolute Gasteiger partial charge is 0.338 e. The highest BCUT2D eigenvalue weighted by molar-refractivity contribution is 5.92. The first-order valence-corrected chi connectivity index (χ1v) is 35.9. The van der Waals surface area contributed by atoms with E-state index < -0.39 is 115 Å². The Morgan fingerprint density at radius 1 is 0.461 bits per heavy atom. The van der Waals surface area contributed by atoms with Gasteiger partial charge in [0.1, 0.15) is 6.10 Å². The second kappa shape index (κ2) is 29.1. The van der Waals surface area contributed by atoms with E-state index in [1.165, 1.54) is 24.8 Å². The van der Waals surface area contributed by atoms with E-state index in [1.54, 1.807) is 171 Å². The molecule has 0 radical (unpaired) electrons. The van der Waals surface area contributed by atoms with Crippen LogP contribution in [0.5, 0.6) is 0 Å². The van der Waals surface area contributed by atoms with Gasteiger partial charge >= 0.3 is 41.8 Å². The third kappa shape index (κ3) is 13.6. The van der Waals surface area contributed by atoms with E-state index >= 15 is 4.79 Å². The van der Waals surface area contributed by atoms with E-state index in [9.17, 15) is 28.8 Å². The molecule has 6 fully saturated rings. The van der Waals surface area contributed by atoms with Crippen molar-refractivity contribution in [2.75, 3.05) is 20.3 Å². The number of esters is 7. The van der Waals surface area contributed by atoms with Crippen molar-refractivity contribution in [1.82, 2.24) is 0 Å². The van der Waals surface area contributed by atoms with Gasteiger partial charge in [0.05, 0.1) is 71.3 Å². The van der Waals surface area contributed by atoms with Gasteiger partial charge in [-0.2, -0.15) is 0 Å². The number of carbonyl (C=O) groups is 7. The highest BCUT2D eigenvalue weighted by Crippen LogP contribution is 2.76. The lowest BCUT2D eigenvalue weighted by Crippen LogP contribution is -2.67. The van der Waals surface area contributed by atoms with E-state index in [-0.39, 0.29) is 79.8 Å². The standard InChI is InChI=1S/C84H92O18/c1-52-65(98-72(87)55-31-19-11-20-32-55)67(99-73(88)56-33-21-12-22-34-56)69(101-75(90)58-37-25-14-26-38-58)77(95-52)102-66-61(96-71(86)54-29-17-10-18-30-54)50-93-76(68(66)100-74(89)57-35-23-13-24-36-57)97-64-42-43-80(4)62(81(64,5)51-94-70(85)53-27-15-9-16-28-53)41-44-83(7)63(80)40-39-59-60-49-79(2,3)45-47-84(60,78(91)92-8)48-46-82(59,83)6/h9-39,52,60-69,76-77H,40-51H2,1-8H3/t52-,60-,61-,62+,63+,64-,65-,66-,67+,68+,69+,76-,77-,80-,81-,82+,83+,84-/m0/s1. The Bertz CT molecular complexity index is 4040. The highest BCUT2D eigenvalue weighted by atomic mass is 16.8. The van der Waals surface area contributed by atoms with Crippen molar-refractivity contribution < 1.29 is 85.7 Å². The summed E-state index contributed by atoms with van der Waals surface area (Å²) in [5.74, 6) is -4.78. The van der Waals surface area contributed by atoms with Crippen LogP contribution in [-0.4, -0.2) is 124 Å². The molecule has 0 N–H and O–H groups in total. The Morgan fingerprint density at radius 3 is 1.41 bits per heavy atom. The van der Waals surface area contributed by atoms with E-state index in [4.69, 9.17) is 52.1 Å². The molecule has 13 rings (SSSR count). The van der Waals surface area contributed by atoms with Gasteiger partial charge in [0.2, 0.25) is 0 Å². The zero-order chi connectivity index (χ0) is 71.8. The van der Waals surface area contributed by atoms with E-state index in [1.807, 2.05) is 6.07 Å². The number of methoxy groups -OCH3 is 1. The fourth-order valence-electron chi connectivity index (χ4n) is 18.8. The summed E-state index contributed by atoms with van der Waals surface area (Å²) in [6, 6.07) is 49.8. The predicted molar refractivity (Wildman–Crippen MR) is 374 cm³/mol. The lowest BCUT2D eigenvalue weighted by atomic mass is 9.33. The molecule has 2 heterocycles. The maximum Gasteiger partial charge on any atom is 0.338 e. The van der Waals surface area contributed by atoms with Crippen LogP contribution in [0.25, 0.3) is 0 Å². The summed E-state index contributed by atoms with van der Waals surface area (Å²) in [4.78, 5) is 102. The zero-order valence-corrected chi connectivity index (χ0v) is 59.2. The second-order valence-electron chi connectivity index (χ2n) is 30.7. The van der Waals surface area contributed by atoms with Crippen molar-refractivity contribution in [3.63, 3.8) is 0 Å². The van der Waals surface area contributed by atoms with Gasteiger partial charge in [0.15, 0.2) is 43.1 Å². The molecule has 0 aromatic heterocycles. The van der Waals surface area contributed by atoms with Gasteiger partial charge in [0, 0.05) is 5.41 Å². The normalized spacial score (nSPS) is 33.6. The summed E-state index contributed by atoms with van der Waals surface area (Å²) in [6.45, 7) is 15.2. The number of ether oxygens (including phenoxy) is 11. The van der Waals surface area contributed by atoms with Crippen molar-refractivity contribution in [2.45, 2.75) is 174 Å². The first-order chi connectivity index (χ1) is 49.0. The molecule has 2 aliphatic heterocycles. The fraction of sp³-hybridized carbons (Fsp3) is 0.464. The summed E-state index contributed by atoms with van der Waals surface area (Å²) in [5, 5.41) is 0. The number of carbonyl (C=O) groups excluding carboxylic acids is 7. The van der Waals surface area contributed by atoms with E-state index in [0.717, 1.165) is 51.4 Å². The summed E-state index contributed by atoms with van der Waals surface area (Å²) >= 11 is 0. The van der Waals surface area contributed by atoms with Crippen LogP contribution in [0.2, 0.25) is 0 Å². The van der Waals surface area contributed by atoms with Gasteiger partial charge in [-0.3, -0.25) is 4.79 Å². The van der Waals surface area contributed by atoms with Crippen LogP contribution < -0.4 is 0 Å². The predicted octanol–water partition coefficient (Wildman–Crippen LogP) is 14.8. The second-order valence-corrected chi connectivity index (χ2v) is 30.7. The Kier molecular flexibility index (Phi) is 20.5. The average molecular weight is 1390 g/mol. The van der Waals surface area contributed by atoms with Crippen molar-refractivity contribution >= 4 is 41.8 Å². The first-order valence-electron chi connectivity index (χ1n) is 35.9. The largest absolute Gasteiger partial charge is 0.469 e. The van der Waals surface area contributed by atoms with Gasteiger partial charge in [-0.1, -0.05) is 162 Å². The molecule has 6 aromatic rings. The third-order valence-corrected chi connectivity index (χ3v) is 24.5. The minimum Gasteiger partial charge on any atom is -0.469 e. The summed E-state index contributed by atoms with van der Waals surface area (Å²) < 4.78 is 73.0. The Labute approximate surface area is 596 Å². The summed E-state index contributed by atoms with van der Waals surface area (Å²) in [6.07, 6.45) is -4.90. The van der Waals surface area contributed by atoms with E-state index in [0.29, 0.717) is 18.4 Å². The number of hydrogen-bond acceptors (Lipinski definition) is 18. The van der Waals surface area contributed by atoms with Gasteiger partial charge in [-0.15, -0.1) is 0 Å². The molecule has 0 amide bonds. The number of benzene rings is 6. The molecule has 4 saturated carbocycles. The van der Waals surface area contributed by atoms with Crippen LogP contribution in [0, 0.1) is 50.2 Å². The van der Waals surface area contributed by atoms with Crippen LogP contribution in [0.15, 0.2) is 194 Å². The molecule has 102 heavy (non-hydrogen) atoms. The van der Waals surface area contributed by atoms with Gasteiger partial charge < -0.3 is 52.1 Å². The minimum atomic E-state index is -1.81. The lowest BCUT2D eigenvalue weighted by molar-refractivity contribution is -0.352. The van der Waals surface area contributed by atoms with Crippen LogP contribution in [-0.2, 0) is 56.9 Å². The van der Waals surface area contributed by atoms with Crippen molar-refractivity contribution in [2.24, 2.45) is 50.2 Å². The number of fused-ring (bicyclic) bond motifs is 7. The highest BCUT2D eigenvalue weighted by Gasteiger charge is 2.71. The molecule has 6 aromatic carbocycles. The molecule has 7 aliphatic rings. The first kappa shape index (κ1) is 71.6. The summed E-state index contributed by atoms with van der Waals surface area (Å²) in [7, 11) is 1.53.